The fraction of sp³-hybridized carbons (Fsp3) is 0.667. The third-order valence-electron chi connectivity index (χ3n) is 1.43. The van der Waals surface area contributed by atoms with E-state index in [4.69, 9.17) is 0 Å². The minimum absolute atomic E-state index is 0.182. The molecule has 0 aromatic heterocycles. The Labute approximate surface area is 71.5 Å². The number of hydrogen-bond donors (Lipinski definition) is 1. The van der Waals surface area contributed by atoms with Crippen molar-refractivity contribution in [3.8, 4) is 0 Å². The fourth-order valence-corrected chi connectivity index (χ4v) is 1.71. The van der Waals surface area contributed by atoms with Crippen LogP contribution in [-0.2, 0) is 4.79 Å². The van der Waals surface area contributed by atoms with Gasteiger partial charge in [0.1, 0.15) is 0 Å². The van der Waals surface area contributed by atoms with E-state index in [-0.39, 0.29) is 18.5 Å². The Kier molecular flexibility index (Phi) is 2.91. The van der Waals surface area contributed by atoms with Gasteiger partial charge in [0.25, 0.3) is 0 Å². The Morgan fingerprint density at radius 3 is 2.82 bits per heavy atom. The molecule has 1 saturated heterocycles. The molecule has 4 nitrogen and oxygen atoms in total. The summed E-state index contributed by atoms with van der Waals surface area (Å²) in [6.07, 6.45) is 0. The number of imide groups is 1. The molecule has 1 N–H and O–H groups in total. The van der Waals surface area contributed by atoms with E-state index in [1.165, 1.54) is 0 Å². The molecule has 1 fully saturated rings. The van der Waals surface area contributed by atoms with Crippen LogP contribution >= 0.6 is 0 Å². The first-order valence-corrected chi connectivity index (χ1v) is 6.24. The molecule has 0 aromatic carbocycles. The average Bonchev–Trinajstić information content (AvgIpc) is 2.26. The molecule has 62 valence electrons. The number of urea groups is 1. The van der Waals surface area contributed by atoms with E-state index in [9.17, 15) is 9.59 Å². The molecule has 0 bridgehead atoms. The van der Waals surface area contributed by atoms with Crippen molar-refractivity contribution in [3.63, 3.8) is 0 Å². The first kappa shape index (κ1) is 8.56. The molecule has 3 amide bonds. The van der Waals surface area contributed by atoms with E-state index in [1.54, 1.807) is 4.90 Å². The van der Waals surface area contributed by atoms with Crippen LogP contribution in [0.5, 0.6) is 0 Å². The van der Waals surface area contributed by atoms with E-state index >= 15 is 0 Å². The molecule has 0 saturated carbocycles. The summed E-state index contributed by atoms with van der Waals surface area (Å²) >= 11 is 0.575. The second kappa shape index (κ2) is 3.74. The van der Waals surface area contributed by atoms with Gasteiger partial charge in [0.2, 0.25) is 0 Å². The zero-order chi connectivity index (χ0) is 8.27. The Morgan fingerprint density at radius 1 is 1.64 bits per heavy atom. The van der Waals surface area contributed by atoms with Gasteiger partial charge in [-0.2, -0.15) is 0 Å². The van der Waals surface area contributed by atoms with Crippen LogP contribution < -0.4 is 5.32 Å². The Hall–Kier alpha value is -0.541. The van der Waals surface area contributed by atoms with Crippen LogP contribution in [0.3, 0.4) is 0 Å². The number of amides is 3. The van der Waals surface area contributed by atoms with E-state index in [2.05, 4.69) is 11.1 Å². The van der Waals surface area contributed by atoms with Crippen LogP contribution in [0.15, 0.2) is 0 Å². The molecule has 0 unspecified atom stereocenters. The fourth-order valence-electron chi connectivity index (χ4n) is 0.865. The van der Waals surface area contributed by atoms with Gasteiger partial charge in [-0.15, -0.1) is 0 Å². The van der Waals surface area contributed by atoms with Gasteiger partial charge in [-0.25, -0.2) is 0 Å². The first-order valence-electron chi connectivity index (χ1n) is 3.31. The van der Waals surface area contributed by atoms with Crippen LogP contribution in [0.1, 0.15) is 0 Å². The maximum absolute atomic E-state index is 10.9. The summed E-state index contributed by atoms with van der Waals surface area (Å²) in [6.45, 7) is 0.961. The number of carbonyl (C=O) groups excluding carboxylic acids is 2. The molecule has 0 atom stereocenters. The maximum atomic E-state index is 10.9. The predicted octanol–water partition coefficient (Wildman–Crippen LogP) is -0.291. The molecule has 1 aliphatic rings. The summed E-state index contributed by atoms with van der Waals surface area (Å²) in [5, 5.41) is 3.25. The zero-order valence-corrected chi connectivity index (χ0v) is 8.01. The van der Waals surface area contributed by atoms with Crippen molar-refractivity contribution in [1.82, 2.24) is 10.2 Å². The summed E-state index contributed by atoms with van der Waals surface area (Å²) in [5.41, 5.74) is 0. The van der Waals surface area contributed by atoms with Crippen LogP contribution in [0, 0.1) is 0 Å². The molecule has 1 rings (SSSR count). The Morgan fingerprint density at radius 2 is 2.36 bits per heavy atom. The molecule has 1 aliphatic heterocycles. The van der Waals surface area contributed by atoms with E-state index < -0.39 is 0 Å². The van der Waals surface area contributed by atoms with E-state index in [0.717, 1.165) is 5.32 Å². The quantitative estimate of drug-likeness (QED) is 0.525. The molecule has 0 radical (unpaired) electrons. The number of carbonyl (C=O) groups is 2. The van der Waals surface area contributed by atoms with Gasteiger partial charge < -0.3 is 0 Å². The van der Waals surface area contributed by atoms with Crippen molar-refractivity contribution >= 4 is 26.9 Å². The summed E-state index contributed by atoms with van der Waals surface area (Å²) in [7, 11) is 0. The second-order valence-electron chi connectivity index (χ2n) is 2.27. The normalized spacial score (nSPS) is 17.4. The number of nitrogens with zero attached hydrogens (tertiary/aromatic N) is 1. The molecule has 1 heterocycles. The van der Waals surface area contributed by atoms with Crippen LogP contribution in [0.4, 0.5) is 4.79 Å². The SMILES string of the molecule is C[Se]CCN1CC(=O)NC1=O. The van der Waals surface area contributed by atoms with Crippen LogP contribution in [0.25, 0.3) is 0 Å². The van der Waals surface area contributed by atoms with Gasteiger partial charge >= 0.3 is 70.9 Å². The van der Waals surface area contributed by atoms with Gasteiger partial charge in [0.05, 0.1) is 0 Å². The summed E-state index contributed by atoms with van der Waals surface area (Å²) in [4.78, 5) is 23.1. The molecule has 0 spiro atoms. The zero-order valence-electron chi connectivity index (χ0n) is 6.29. The van der Waals surface area contributed by atoms with Crippen molar-refractivity contribution in [1.29, 1.82) is 0 Å². The number of nitrogens with one attached hydrogen (secondary N) is 1. The van der Waals surface area contributed by atoms with Crippen molar-refractivity contribution in [3.05, 3.63) is 0 Å². The Balaban J connectivity index is 2.34. The van der Waals surface area contributed by atoms with Crippen LogP contribution in [0.2, 0.25) is 11.1 Å². The van der Waals surface area contributed by atoms with Crippen molar-refractivity contribution in [2.45, 2.75) is 11.1 Å². The predicted molar refractivity (Wildman–Crippen MR) is 41.5 cm³/mol. The minimum atomic E-state index is -0.237. The molecule has 0 aromatic rings. The van der Waals surface area contributed by atoms with E-state index in [0.29, 0.717) is 21.5 Å². The second-order valence-corrected chi connectivity index (χ2v) is 4.34. The van der Waals surface area contributed by atoms with Gasteiger partial charge in [0, 0.05) is 0 Å². The third-order valence-corrected chi connectivity index (χ3v) is 2.67. The molecule has 0 aliphatic carbocycles. The molecule has 11 heavy (non-hydrogen) atoms. The first-order chi connectivity index (χ1) is 5.24. The van der Waals surface area contributed by atoms with Crippen molar-refractivity contribution in [2.24, 2.45) is 0 Å². The molecular weight excluding hydrogens is 211 g/mol. The standard InChI is InChI=1S/C6H10N2O2Se/c1-11-3-2-8-4-5(9)7-6(8)10/h2-4H2,1H3,(H,7,9,10). The van der Waals surface area contributed by atoms with Gasteiger partial charge in [-0.3, -0.25) is 0 Å². The van der Waals surface area contributed by atoms with Crippen molar-refractivity contribution < 1.29 is 9.59 Å². The topological polar surface area (TPSA) is 49.4 Å². The summed E-state index contributed by atoms with van der Waals surface area (Å²) in [6, 6.07) is -0.237. The van der Waals surface area contributed by atoms with Gasteiger partial charge in [-0.05, 0) is 0 Å². The average molecular weight is 221 g/mol. The molecular formula is C6H10N2O2Se. The van der Waals surface area contributed by atoms with Crippen LogP contribution in [-0.4, -0.2) is 44.9 Å². The van der Waals surface area contributed by atoms with Gasteiger partial charge in [-0.1, -0.05) is 0 Å². The summed E-state index contributed by atoms with van der Waals surface area (Å²) in [5.74, 6) is 1.93. The monoisotopic (exact) mass is 222 g/mol. The third kappa shape index (κ3) is 2.20. The Bertz CT molecular complexity index is 183. The number of hydrogen-bond acceptors (Lipinski definition) is 2. The van der Waals surface area contributed by atoms with E-state index in [1.807, 2.05) is 0 Å². The number of rotatable bonds is 3. The summed E-state index contributed by atoms with van der Waals surface area (Å²) < 4.78 is 0. The van der Waals surface area contributed by atoms with Gasteiger partial charge in [0.15, 0.2) is 0 Å². The van der Waals surface area contributed by atoms with Crippen molar-refractivity contribution in [2.75, 3.05) is 13.1 Å². The molecule has 5 heteroatoms.